The van der Waals surface area contributed by atoms with Crippen LogP contribution < -0.4 is 10.6 Å². The van der Waals surface area contributed by atoms with Gasteiger partial charge in [-0.3, -0.25) is 14.4 Å². The number of benzene rings is 1. The molecule has 0 aromatic heterocycles. The number of nitrogens with zero attached hydrogens (tertiary/aromatic N) is 1. The van der Waals surface area contributed by atoms with Gasteiger partial charge >= 0.3 is 12.1 Å². The summed E-state index contributed by atoms with van der Waals surface area (Å²) in [5, 5.41) is 5.59. The van der Waals surface area contributed by atoms with E-state index in [2.05, 4.69) is 10.6 Å². The molecule has 39 heavy (non-hydrogen) atoms. The average molecular weight is 548 g/mol. The molecule has 2 unspecified atom stereocenters. The van der Waals surface area contributed by atoms with Crippen LogP contribution in [-0.2, 0) is 23.9 Å². The van der Waals surface area contributed by atoms with E-state index in [-0.39, 0.29) is 31.4 Å². The van der Waals surface area contributed by atoms with E-state index in [0.717, 1.165) is 17.5 Å². The van der Waals surface area contributed by atoms with Crippen LogP contribution >= 0.6 is 0 Å². The predicted octanol–water partition coefficient (Wildman–Crippen LogP) is 4.98. The fourth-order valence-corrected chi connectivity index (χ4v) is 4.18. The molecule has 0 aliphatic heterocycles. The zero-order valence-corrected chi connectivity index (χ0v) is 25.3. The van der Waals surface area contributed by atoms with Gasteiger partial charge in [0.25, 0.3) is 0 Å². The number of ether oxygens (including phenoxy) is 2. The van der Waals surface area contributed by atoms with Gasteiger partial charge in [0.15, 0.2) is 0 Å². The quantitative estimate of drug-likeness (QED) is 0.318. The van der Waals surface area contributed by atoms with Crippen molar-refractivity contribution in [1.29, 1.82) is 0 Å². The summed E-state index contributed by atoms with van der Waals surface area (Å²) in [6.07, 6.45) is 1.20. The van der Waals surface area contributed by atoms with Gasteiger partial charge in [-0.15, -0.1) is 0 Å². The van der Waals surface area contributed by atoms with Crippen LogP contribution in [0.15, 0.2) is 18.2 Å². The Morgan fingerprint density at radius 3 is 2.28 bits per heavy atom. The maximum atomic E-state index is 14.2. The Hall–Kier alpha value is -3.10. The van der Waals surface area contributed by atoms with Gasteiger partial charge in [-0.1, -0.05) is 45.4 Å². The van der Waals surface area contributed by atoms with Gasteiger partial charge in [0.2, 0.25) is 11.8 Å². The molecule has 1 aromatic rings. The lowest BCUT2D eigenvalue weighted by Gasteiger charge is -2.35. The van der Waals surface area contributed by atoms with Crippen LogP contribution in [-0.4, -0.2) is 60.1 Å². The number of alkyl carbamates (subject to hydrolysis) is 1. The Morgan fingerprint density at radius 2 is 1.72 bits per heavy atom. The summed E-state index contributed by atoms with van der Waals surface area (Å²) in [4.78, 5) is 54.0. The second kappa shape index (κ2) is 16.1. The highest BCUT2D eigenvalue weighted by atomic mass is 16.6. The summed E-state index contributed by atoms with van der Waals surface area (Å²) in [5.41, 5.74) is 1.87. The Bertz CT molecular complexity index is 970. The molecule has 220 valence electrons. The van der Waals surface area contributed by atoms with Crippen molar-refractivity contribution < 1.29 is 28.7 Å². The lowest BCUT2D eigenvalue weighted by molar-refractivity contribution is -0.144. The number of carbonyl (C=O) groups is 4. The molecule has 0 saturated carbocycles. The zero-order valence-electron chi connectivity index (χ0n) is 25.3. The number of carbonyl (C=O) groups excluding carboxylic acids is 4. The van der Waals surface area contributed by atoms with E-state index in [1.807, 2.05) is 52.8 Å². The van der Waals surface area contributed by atoms with Crippen molar-refractivity contribution in [2.45, 2.75) is 106 Å². The molecular weight excluding hydrogens is 498 g/mol. The number of esters is 1. The molecule has 0 saturated heterocycles. The first kappa shape index (κ1) is 33.9. The van der Waals surface area contributed by atoms with Crippen molar-refractivity contribution >= 4 is 23.9 Å². The lowest BCUT2D eigenvalue weighted by Crippen LogP contribution is -2.53. The van der Waals surface area contributed by atoms with Crippen LogP contribution in [0, 0.1) is 19.8 Å². The molecule has 3 amide bonds. The summed E-state index contributed by atoms with van der Waals surface area (Å²) in [7, 11) is 0. The fourth-order valence-electron chi connectivity index (χ4n) is 4.18. The largest absolute Gasteiger partial charge is 0.466 e. The first-order chi connectivity index (χ1) is 18.2. The van der Waals surface area contributed by atoms with E-state index in [9.17, 15) is 19.2 Å². The number of nitrogens with one attached hydrogen (secondary N) is 2. The van der Waals surface area contributed by atoms with Gasteiger partial charge in [-0.25, -0.2) is 4.79 Å². The van der Waals surface area contributed by atoms with Crippen LogP contribution in [0.4, 0.5) is 4.79 Å². The zero-order chi connectivity index (χ0) is 29.8. The summed E-state index contributed by atoms with van der Waals surface area (Å²) >= 11 is 0. The Morgan fingerprint density at radius 1 is 1.05 bits per heavy atom. The second-order valence-electron chi connectivity index (χ2n) is 11.3. The summed E-state index contributed by atoms with van der Waals surface area (Å²) in [5.74, 6) is -1.05. The third-order valence-corrected chi connectivity index (χ3v) is 6.17. The Balaban J connectivity index is 3.48. The van der Waals surface area contributed by atoms with Gasteiger partial charge < -0.3 is 25.0 Å². The highest BCUT2D eigenvalue weighted by molar-refractivity contribution is 5.92. The van der Waals surface area contributed by atoms with Crippen molar-refractivity contribution in [2.75, 3.05) is 19.7 Å². The molecule has 0 aliphatic carbocycles. The molecule has 0 aliphatic rings. The number of hydrogen-bond acceptors (Lipinski definition) is 6. The van der Waals surface area contributed by atoms with Crippen molar-refractivity contribution in [3.63, 3.8) is 0 Å². The Kier molecular flexibility index (Phi) is 14.0. The molecule has 0 spiro atoms. The molecule has 2 N–H and O–H groups in total. The first-order valence-electron chi connectivity index (χ1n) is 14.0. The van der Waals surface area contributed by atoms with Crippen LogP contribution in [0.2, 0.25) is 0 Å². The highest BCUT2D eigenvalue weighted by Crippen LogP contribution is 2.28. The third kappa shape index (κ3) is 11.7. The van der Waals surface area contributed by atoms with E-state index in [0.29, 0.717) is 24.9 Å². The van der Waals surface area contributed by atoms with Crippen LogP contribution in [0.3, 0.4) is 0 Å². The molecule has 2 atom stereocenters. The predicted molar refractivity (Wildman–Crippen MR) is 152 cm³/mol. The van der Waals surface area contributed by atoms with Crippen molar-refractivity contribution in [3.05, 3.63) is 34.9 Å². The molecule has 9 heteroatoms. The lowest BCUT2D eigenvalue weighted by atomic mass is 9.94. The van der Waals surface area contributed by atoms with Crippen molar-refractivity contribution in [1.82, 2.24) is 15.5 Å². The van der Waals surface area contributed by atoms with Gasteiger partial charge in [-0.05, 0) is 77.0 Å². The fraction of sp³-hybridized carbons (Fsp3) is 0.667. The monoisotopic (exact) mass is 547 g/mol. The summed E-state index contributed by atoms with van der Waals surface area (Å²) in [6, 6.07) is 3.85. The smallest absolute Gasteiger partial charge is 0.408 e. The molecule has 0 fully saturated rings. The van der Waals surface area contributed by atoms with Gasteiger partial charge in [-0.2, -0.15) is 0 Å². The number of amides is 3. The number of aryl methyl sites for hydroxylation is 1. The minimum absolute atomic E-state index is 0.0260. The summed E-state index contributed by atoms with van der Waals surface area (Å²) < 4.78 is 10.4. The van der Waals surface area contributed by atoms with Gasteiger partial charge in [0.1, 0.15) is 17.7 Å². The topological polar surface area (TPSA) is 114 Å². The molecule has 0 bridgehead atoms. The molecule has 1 rings (SSSR count). The number of hydrogen-bond donors (Lipinski definition) is 2. The van der Waals surface area contributed by atoms with Crippen LogP contribution in [0.5, 0.6) is 0 Å². The molecule has 0 heterocycles. The van der Waals surface area contributed by atoms with E-state index < -0.39 is 35.7 Å². The maximum absolute atomic E-state index is 14.2. The minimum Gasteiger partial charge on any atom is -0.466 e. The SMILES string of the molecule is CCCCN(C(=O)C(CC(C)C)NC(=O)OC(C)(C)C)C(C(=O)NCCC(=O)OCC)c1cccc(C)c1C. The van der Waals surface area contributed by atoms with Gasteiger partial charge in [0.05, 0.1) is 13.0 Å². The second-order valence-corrected chi connectivity index (χ2v) is 11.3. The molecule has 1 aromatic carbocycles. The standard InChI is InChI=1S/C30H49N3O6/c1-10-12-18-33(28(36)24(19-20(3)4)32-29(37)39-30(7,8)9)26(23-15-13-14-21(5)22(23)6)27(35)31-17-16-25(34)38-11-2/h13-15,20,24,26H,10-12,16-19H2,1-9H3,(H,31,35)(H,32,37). The molecule has 0 radical (unpaired) electrons. The minimum atomic E-state index is -0.943. The maximum Gasteiger partial charge on any atom is 0.408 e. The normalized spacial score (nSPS) is 12.9. The molecular formula is C30H49N3O6. The van der Waals surface area contributed by atoms with E-state index in [1.165, 1.54) is 0 Å². The van der Waals surface area contributed by atoms with Crippen molar-refractivity contribution in [2.24, 2.45) is 5.92 Å². The van der Waals surface area contributed by atoms with E-state index in [4.69, 9.17) is 9.47 Å². The molecule has 9 nitrogen and oxygen atoms in total. The van der Waals surface area contributed by atoms with Crippen LogP contribution in [0.25, 0.3) is 0 Å². The van der Waals surface area contributed by atoms with E-state index >= 15 is 0 Å². The van der Waals surface area contributed by atoms with E-state index in [1.54, 1.807) is 32.6 Å². The third-order valence-electron chi connectivity index (χ3n) is 6.17. The average Bonchev–Trinajstić information content (AvgIpc) is 2.81. The first-order valence-corrected chi connectivity index (χ1v) is 14.0. The number of rotatable bonds is 14. The van der Waals surface area contributed by atoms with Crippen LogP contribution in [0.1, 0.15) is 96.9 Å². The Labute approximate surface area is 234 Å². The highest BCUT2D eigenvalue weighted by Gasteiger charge is 2.37. The number of unbranched alkanes of at least 4 members (excludes halogenated alkanes) is 1. The summed E-state index contributed by atoms with van der Waals surface area (Å²) in [6.45, 7) is 17.5. The van der Waals surface area contributed by atoms with Crippen molar-refractivity contribution in [3.8, 4) is 0 Å². The van der Waals surface area contributed by atoms with Gasteiger partial charge in [0, 0.05) is 13.1 Å².